The standard InChI is InChI=1S/C19H24O3/c1-18-8-3-4-15(20)13(18)6-5-11-12(18)7-9-19(2)14(11)10-16(21)17(19)22/h5,10,12-13,15,20H,3-4,6-9H2,1-2H3/t12-,13?,15?,18+,19-/m0/s1. The quantitative estimate of drug-likeness (QED) is 0.700. The minimum absolute atomic E-state index is 0.110. The van der Waals surface area contributed by atoms with Crippen LogP contribution in [0.4, 0.5) is 0 Å². The number of hydrogen-bond acceptors (Lipinski definition) is 3. The summed E-state index contributed by atoms with van der Waals surface area (Å²) < 4.78 is 0. The second kappa shape index (κ2) is 4.41. The third kappa shape index (κ3) is 1.61. The summed E-state index contributed by atoms with van der Waals surface area (Å²) in [5.41, 5.74) is 1.74. The molecule has 5 atom stereocenters. The molecule has 0 saturated heterocycles. The van der Waals surface area contributed by atoms with Crippen LogP contribution in [-0.2, 0) is 9.59 Å². The summed E-state index contributed by atoms with van der Waals surface area (Å²) in [6.45, 7) is 4.26. The van der Waals surface area contributed by atoms with E-state index in [4.69, 9.17) is 0 Å². The molecule has 0 spiro atoms. The van der Waals surface area contributed by atoms with Crippen LogP contribution in [0.5, 0.6) is 0 Å². The predicted octanol–water partition coefficient (Wildman–Crippen LogP) is 2.98. The van der Waals surface area contributed by atoms with Crippen LogP contribution in [-0.4, -0.2) is 22.8 Å². The van der Waals surface area contributed by atoms with Crippen molar-refractivity contribution in [2.75, 3.05) is 0 Å². The molecule has 1 N–H and O–H groups in total. The fraction of sp³-hybridized carbons (Fsp3) is 0.684. The molecule has 4 aliphatic carbocycles. The zero-order valence-corrected chi connectivity index (χ0v) is 13.4. The summed E-state index contributed by atoms with van der Waals surface area (Å²) >= 11 is 0. The Morgan fingerprint density at radius 3 is 2.73 bits per heavy atom. The molecule has 3 heteroatoms. The lowest BCUT2D eigenvalue weighted by molar-refractivity contribution is -0.138. The van der Waals surface area contributed by atoms with Crippen molar-refractivity contribution >= 4 is 11.6 Å². The molecule has 0 aliphatic heterocycles. The maximum absolute atomic E-state index is 12.3. The number of ketones is 2. The van der Waals surface area contributed by atoms with Crippen molar-refractivity contribution in [3.63, 3.8) is 0 Å². The molecular formula is C19H24O3. The molecule has 4 aliphatic rings. The lowest BCUT2D eigenvalue weighted by Crippen LogP contribution is -2.50. The number of hydrogen-bond donors (Lipinski definition) is 1. The molecule has 22 heavy (non-hydrogen) atoms. The molecule has 0 aromatic rings. The minimum atomic E-state index is -0.587. The van der Waals surface area contributed by atoms with Gasteiger partial charge in [0.05, 0.1) is 11.5 Å². The molecule has 0 aromatic heterocycles. The molecule has 0 radical (unpaired) electrons. The van der Waals surface area contributed by atoms with E-state index in [0.29, 0.717) is 11.8 Å². The number of allylic oxidation sites excluding steroid dienone is 4. The number of carbonyl (C=O) groups excluding carboxylic acids is 2. The summed E-state index contributed by atoms with van der Waals surface area (Å²) in [6.07, 6.45) is 9.35. The van der Waals surface area contributed by atoms with Crippen molar-refractivity contribution in [1.82, 2.24) is 0 Å². The van der Waals surface area contributed by atoms with Crippen molar-refractivity contribution in [1.29, 1.82) is 0 Å². The van der Waals surface area contributed by atoms with Crippen LogP contribution >= 0.6 is 0 Å². The molecule has 0 bridgehead atoms. The molecule has 2 fully saturated rings. The predicted molar refractivity (Wildman–Crippen MR) is 83.1 cm³/mol. The number of rotatable bonds is 0. The van der Waals surface area contributed by atoms with Crippen LogP contribution in [0.1, 0.15) is 52.4 Å². The number of Topliss-reactive ketones (excluding diaryl/α,β-unsaturated/α-hetero) is 1. The molecule has 2 saturated carbocycles. The van der Waals surface area contributed by atoms with Crippen LogP contribution in [0.25, 0.3) is 0 Å². The monoisotopic (exact) mass is 300 g/mol. The molecule has 4 rings (SSSR count). The van der Waals surface area contributed by atoms with Gasteiger partial charge in [0.15, 0.2) is 0 Å². The van der Waals surface area contributed by atoms with Gasteiger partial charge in [0.1, 0.15) is 0 Å². The van der Waals surface area contributed by atoms with Gasteiger partial charge in [-0.1, -0.05) is 19.4 Å². The second-order valence-electron chi connectivity index (χ2n) is 8.14. The van der Waals surface area contributed by atoms with E-state index >= 15 is 0 Å². The highest BCUT2D eigenvalue weighted by molar-refractivity contribution is 6.47. The Bertz CT molecular complexity index is 629. The Morgan fingerprint density at radius 1 is 1.18 bits per heavy atom. The third-order valence-electron chi connectivity index (χ3n) is 7.13. The van der Waals surface area contributed by atoms with Gasteiger partial charge in [0.25, 0.3) is 0 Å². The number of aliphatic hydroxyl groups excluding tert-OH is 1. The van der Waals surface area contributed by atoms with Gasteiger partial charge >= 0.3 is 0 Å². The Labute approximate surface area is 131 Å². The highest BCUT2D eigenvalue weighted by Gasteiger charge is 2.57. The zero-order chi connectivity index (χ0) is 15.7. The van der Waals surface area contributed by atoms with Gasteiger partial charge in [-0.25, -0.2) is 0 Å². The van der Waals surface area contributed by atoms with Crippen LogP contribution in [0.3, 0.4) is 0 Å². The lowest BCUT2D eigenvalue weighted by atomic mass is 9.49. The summed E-state index contributed by atoms with van der Waals surface area (Å²) in [6, 6.07) is 0. The fourth-order valence-corrected chi connectivity index (χ4v) is 5.74. The van der Waals surface area contributed by atoms with Gasteiger partial charge in [0.2, 0.25) is 11.6 Å². The summed E-state index contributed by atoms with van der Waals surface area (Å²) in [5, 5.41) is 10.4. The number of fused-ring (bicyclic) bond motifs is 5. The van der Waals surface area contributed by atoms with Crippen LogP contribution in [0.2, 0.25) is 0 Å². The van der Waals surface area contributed by atoms with Gasteiger partial charge < -0.3 is 5.11 Å². The molecule has 0 amide bonds. The normalized spacial score (nSPS) is 47.3. The highest BCUT2D eigenvalue weighted by atomic mass is 16.3. The van der Waals surface area contributed by atoms with Crippen LogP contribution in [0.15, 0.2) is 23.3 Å². The molecule has 3 nitrogen and oxygen atoms in total. The molecule has 118 valence electrons. The van der Waals surface area contributed by atoms with Crippen molar-refractivity contribution in [2.24, 2.45) is 22.7 Å². The van der Waals surface area contributed by atoms with E-state index in [-0.39, 0.29) is 23.1 Å². The summed E-state index contributed by atoms with van der Waals surface area (Å²) in [5.74, 6) is 0.166. The summed E-state index contributed by atoms with van der Waals surface area (Å²) in [7, 11) is 0. The van der Waals surface area contributed by atoms with Crippen molar-refractivity contribution < 1.29 is 14.7 Å². The Morgan fingerprint density at radius 2 is 1.95 bits per heavy atom. The maximum atomic E-state index is 12.3. The van der Waals surface area contributed by atoms with Gasteiger partial charge in [0, 0.05) is 0 Å². The smallest absolute Gasteiger partial charge is 0.222 e. The average Bonchev–Trinajstić information content (AvgIpc) is 2.71. The van der Waals surface area contributed by atoms with E-state index < -0.39 is 5.41 Å². The first kappa shape index (κ1) is 14.4. The first-order valence-corrected chi connectivity index (χ1v) is 8.57. The van der Waals surface area contributed by atoms with Gasteiger partial charge in [-0.2, -0.15) is 0 Å². The fourth-order valence-electron chi connectivity index (χ4n) is 5.74. The molecule has 0 heterocycles. The molecule has 2 unspecified atom stereocenters. The lowest BCUT2D eigenvalue weighted by Gasteiger charge is -2.55. The van der Waals surface area contributed by atoms with E-state index in [1.165, 1.54) is 5.57 Å². The van der Waals surface area contributed by atoms with Crippen LogP contribution < -0.4 is 0 Å². The number of carbonyl (C=O) groups is 2. The zero-order valence-electron chi connectivity index (χ0n) is 13.4. The van der Waals surface area contributed by atoms with Gasteiger partial charge in [-0.15, -0.1) is 0 Å². The highest BCUT2D eigenvalue weighted by Crippen LogP contribution is 2.61. The first-order valence-electron chi connectivity index (χ1n) is 8.57. The van der Waals surface area contributed by atoms with E-state index in [9.17, 15) is 14.7 Å². The Hall–Kier alpha value is -1.22. The Kier molecular flexibility index (Phi) is 2.88. The topological polar surface area (TPSA) is 54.4 Å². The van der Waals surface area contributed by atoms with E-state index in [0.717, 1.165) is 44.1 Å². The van der Waals surface area contributed by atoms with E-state index in [1.807, 2.05) is 6.92 Å². The first-order chi connectivity index (χ1) is 10.4. The van der Waals surface area contributed by atoms with Gasteiger partial charge in [-0.3, -0.25) is 9.59 Å². The Balaban J connectivity index is 1.80. The van der Waals surface area contributed by atoms with Crippen molar-refractivity contribution in [3.8, 4) is 0 Å². The largest absolute Gasteiger partial charge is 0.393 e. The van der Waals surface area contributed by atoms with Crippen LogP contribution in [0, 0.1) is 22.7 Å². The average molecular weight is 300 g/mol. The third-order valence-corrected chi connectivity index (χ3v) is 7.13. The minimum Gasteiger partial charge on any atom is -0.393 e. The molecular weight excluding hydrogens is 276 g/mol. The van der Waals surface area contributed by atoms with Crippen molar-refractivity contribution in [2.45, 2.75) is 58.5 Å². The number of aliphatic hydroxyl groups is 1. The van der Waals surface area contributed by atoms with E-state index in [1.54, 1.807) is 6.08 Å². The molecule has 0 aromatic carbocycles. The SMILES string of the molecule is C[C@]12CC[C@H]3C(=CCC4C(O)CCC[C@@]43C)C1=CC(=O)C2=O. The van der Waals surface area contributed by atoms with Crippen molar-refractivity contribution in [3.05, 3.63) is 23.3 Å². The second-order valence-corrected chi connectivity index (χ2v) is 8.14. The van der Waals surface area contributed by atoms with Gasteiger partial charge in [-0.05, 0) is 73.5 Å². The summed E-state index contributed by atoms with van der Waals surface area (Å²) in [4.78, 5) is 24.2. The maximum Gasteiger partial charge on any atom is 0.222 e. The van der Waals surface area contributed by atoms with E-state index in [2.05, 4.69) is 13.0 Å².